The second-order valence-electron chi connectivity index (χ2n) is 4.38. The van der Waals surface area contributed by atoms with Gasteiger partial charge in [-0.05, 0) is 12.8 Å². The van der Waals surface area contributed by atoms with E-state index < -0.39 is 10.0 Å². The van der Waals surface area contributed by atoms with Crippen LogP contribution in [0, 0.1) is 0 Å². The van der Waals surface area contributed by atoms with E-state index in [0.717, 1.165) is 17.8 Å². The smallest absolute Gasteiger partial charge is 0.211 e. The Bertz CT molecular complexity index is 495. The third-order valence-corrected chi connectivity index (χ3v) is 5.41. The van der Waals surface area contributed by atoms with Crippen molar-refractivity contribution >= 4 is 33.0 Å². The lowest BCUT2D eigenvalue weighted by molar-refractivity contribution is 0.290. The van der Waals surface area contributed by atoms with Crippen molar-refractivity contribution in [3.05, 3.63) is 15.5 Å². The molecule has 0 unspecified atom stereocenters. The highest BCUT2D eigenvalue weighted by Crippen LogP contribution is 2.19. The van der Waals surface area contributed by atoms with Crippen LogP contribution in [0.3, 0.4) is 0 Å². The van der Waals surface area contributed by atoms with Crippen LogP contribution in [0.2, 0.25) is 4.34 Å². The summed E-state index contributed by atoms with van der Waals surface area (Å²) < 4.78 is 24.9. The number of sulfonamides is 1. The van der Waals surface area contributed by atoms with Gasteiger partial charge in [-0.25, -0.2) is 17.7 Å². The standard InChI is InChI=1S/C10H16ClN3O2S2/c1-18(15,16)14-4-2-8(3-5-14)12-7-10-13-6-9(11)17-10/h6,8,12H,2-5,7H2,1H3. The number of nitrogens with zero attached hydrogens (tertiary/aromatic N) is 2. The minimum absolute atomic E-state index is 0.352. The second kappa shape index (κ2) is 5.83. The molecule has 8 heteroatoms. The zero-order valence-corrected chi connectivity index (χ0v) is 12.5. The van der Waals surface area contributed by atoms with E-state index in [4.69, 9.17) is 11.6 Å². The maximum absolute atomic E-state index is 11.4. The molecule has 1 aliphatic heterocycles. The number of nitrogens with one attached hydrogen (secondary N) is 1. The van der Waals surface area contributed by atoms with Crippen molar-refractivity contribution in [3.8, 4) is 0 Å². The molecule has 1 aromatic rings. The molecule has 0 atom stereocenters. The normalized spacial score (nSPS) is 19.2. The van der Waals surface area contributed by atoms with Crippen molar-refractivity contribution < 1.29 is 8.42 Å². The molecule has 0 aromatic carbocycles. The van der Waals surface area contributed by atoms with Crippen LogP contribution in [-0.4, -0.2) is 43.1 Å². The van der Waals surface area contributed by atoms with Crippen LogP contribution in [0.1, 0.15) is 17.8 Å². The predicted molar refractivity (Wildman–Crippen MR) is 73.4 cm³/mol. The molecule has 2 rings (SSSR count). The fourth-order valence-electron chi connectivity index (χ4n) is 1.99. The second-order valence-corrected chi connectivity index (χ2v) is 8.10. The van der Waals surface area contributed by atoms with Crippen molar-refractivity contribution in [1.82, 2.24) is 14.6 Å². The summed E-state index contributed by atoms with van der Waals surface area (Å²) in [7, 11) is -3.04. The molecule has 0 radical (unpaired) electrons. The number of rotatable bonds is 4. The van der Waals surface area contributed by atoms with Crippen LogP contribution < -0.4 is 5.32 Å². The molecule has 2 heterocycles. The molecule has 0 amide bonds. The third kappa shape index (κ3) is 3.89. The van der Waals surface area contributed by atoms with E-state index in [1.807, 2.05) is 0 Å². The van der Waals surface area contributed by atoms with E-state index in [-0.39, 0.29) is 0 Å². The molecule has 0 saturated carbocycles. The Morgan fingerprint density at radius 2 is 2.22 bits per heavy atom. The first-order valence-corrected chi connectivity index (χ1v) is 8.78. The number of hydrogen-bond acceptors (Lipinski definition) is 5. The summed E-state index contributed by atoms with van der Waals surface area (Å²) in [6, 6.07) is 0.352. The number of piperidine rings is 1. The fourth-order valence-corrected chi connectivity index (χ4v) is 3.77. The summed E-state index contributed by atoms with van der Waals surface area (Å²) in [5.41, 5.74) is 0. The Morgan fingerprint density at radius 3 is 2.72 bits per heavy atom. The molecule has 0 bridgehead atoms. The Labute approximate surface area is 116 Å². The average molecular weight is 310 g/mol. The molecule has 1 fully saturated rings. The molecule has 102 valence electrons. The van der Waals surface area contributed by atoms with Crippen molar-refractivity contribution in [1.29, 1.82) is 0 Å². The van der Waals surface area contributed by atoms with Gasteiger partial charge in [0.1, 0.15) is 9.34 Å². The zero-order valence-electron chi connectivity index (χ0n) is 10.1. The minimum atomic E-state index is -3.04. The molecule has 5 nitrogen and oxygen atoms in total. The van der Waals surface area contributed by atoms with Crippen LogP contribution in [0.5, 0.6) is 0 Å². The van der Waals surface area contributed by atoms with Gasteiger partial charge >= 0.3 is 0 Å². The van der Waals surface area contributed by atoms with Gasteiger partial charge in [0.25, 0.3) is 0 Å². The molecular formula is C10H16ClN3O2S2. The Balaban J connectivity index is 1.77. The van der Waals surface area contributed by atoms with Gasteiger partial charge in [-0.15, -0.1) is 11.3 Å². The lowest BCUT2D eigenvalue weighted by Gasteiger charge is -2.30. The highest BCUT2D eigenvalue weighted by atomic mass is 35.5. The lowest BCUT2D eigenvalue weighted by atomic mass is 10.1. The van der Waals surface area contributed by atoms with Gasteiger partial charge in [0.05, 0.1) is 12.5 Å². The fraction of sp³-hybridized carbons (Fsp3) is 0.700. The molecular weight excluding hydrogens is 294 g/mol. The largest absolute Gasteiger partial charge is 0.308 e. The monoisotopic (exact) mass is 309 g/mol. The number of halogens is 1. The van der Waals surface area contributed by atoms with Crippen LogP contribution in [0.4, 0.5) is 0 Å². The SMILES string of the molecule is CS(=O)(=O)N1CCC(NCc2ncc(Cl)s2)CC1. The average Bonchev–Trinajstić information content (AvgIpc) is 2.72. The molecule has 1 aliphatic rings. The van der Waals surface area contributed by atoms with Gasteiger partial charge in [-0.2, -0.15) is 0 Å². The highest BCUT2D eigenvalue weighted by Gasteiger charge is 2.24. The molecule has 0 spiro atoms. The van der Waals surface area contributed by atoms with E-state index in [2.05, 4.69) is 10.3 Å². The Kier molecular flexibility index (Phi) is 4.60. The maximum Gasteiger partial charge on any atom is 0.211 e. The van der Waals surface area contributed by atoms with Crippen molar-refractivity contribution in [2.45, 2.75) is 25.4 Å². The highest BCUT2D eigenvalue weighted by molar-refractivity contribution is 7.88. The van der Waals surface area contributed by atoms with Crippen molar-refractivity contribution in [3.63, 3.8) is 0 Å². The molecule has 18 heavy (non-hydrogen) atoms. The zero-order chi connectivity index (χ0) is 13.2. The van der Waals surface area contributed by atoms with Gasteiger partial charge in [-0.1, -0.05) is 11.6 Å². The van der Waals surface area contributed by atoms with E-state index in [1.165, 1.54) is 21.9 Å². The first kappa shape index (κ1) is 14.2. The van der Waals surface area contributed by atoms with Crippen LogP contribution in [-0.2, 0) is 16.6 Å². The van der Waals surface area contributed by atoms with Gasteiger partial charge in [0.15, 0.2) is 0 Å². The first-order valence-electron chi connectivity index (χ1n) is 5.74. The summed E-state index contributed by atoms with van der Waals surface area (Å²) >= 11 is 7.27. The minimum Gasteiger partial charge on any atom is -0.308 e. The topological polar surface area (TPSA) is 62.3 Å². The predicted octanol–water partition coefficient (Wildman–Crippen LogP) is 1.31. The molecule has 1 saturated heterocycles. The molecule has 1 aromatic heterocycles. The number of hydrogen-bond donors (Lipinski definition) is 1. The molecule has 1 N–H and O–H groups in total. The van der Waals surface area contributed by atoms with Crippen molar-refractivity contribution in [2.24, 2.45) is 0 Å². The van der Waals surface area contributed by atoms with E-state index in [9.17, 15) is 8.42 Å². The maximum atomic E-state index is 11.4. The van der Waals surface area contributed by atoms with Gasteiger partial charge < -0.3 is 5.32 Å². The van der Waals surface area contributed by atoms with E-state index in [0.29, 0.717) is 30.0 Å². The van der Waals surface area contributed by atoms with E-state index in [1.54, 1.807) is 6.20 Å². The van der Waals surface area contributed by atoms with Crippen molar-refractivity contribution in [2.75, 3.05) is 19.3 Å². The van der Waals surface area contributed by atoms with Gasteiger partial charge in [-0.3, -0.25) is 0 Å². The summed E-state index contributed by atoms with van der Waals surface area (Å²) in [5, 5.41) is 4.35. The number of aromatic nitrogens is 1. The van der Waals surface area contributed by atoms with Crippen LogP contribution in [0.15, 0.2) is 6.20 Å². The Hall–Kier alpha value is -0.210. The summed E-state index contributed by atoms with van der Waals surface area (Å²) in [6.45, 7) is 1.88. The Morgan fingerprint density at radius 1 is 1.56 bits per heavy atom. The molecule has 0 aliphatic carbocycles. The third-order valence-electron chi connectivity index (χ3n) is 2.99. The van der Waals surface area contributed by atoms with Gasteiger partial charge in [0.2, 0.25) is 10.0 Å². The number of thiazole rings is 1. The first-order chi connectivity index (χ1) is 8.45. The van der Waals surface area contributed by atoms with Gasteiger partial charge in [0, 0.05) is 25.7 Å². The quantitative estimate of drug-likeness (QED) is 0.911. The van der Waals surface area contributed by atoms with Crippen LogP contribution >= 0.6 is 22.9 Å². The van der Waals surface area contributed by atoms with Crippen LogP contribution in [0.25, 0.3) is 0 Å². The lowest BCUT2D eigenvalue weighted by Crippen LogP contribution is -2.44. The van der Waals surface area contributed by atoms with E-state index >= 15 is 0 Å². The summed E-state index contributed by atoms with van der Waals surface area (Å²) in [5.74, 6) is 0. The summed E-state index contributed by atoms with van der Waals surface area (Å²) in [4.78, 5) is 4.17. The summed E-state index contributed by atoms with van der Waals surface area (Å²) in [6.07, 6.45) is 4.59.